The minimum absolute atomic E-state index is 0.00598. The van der Waals surface area contributed by atoms with Crippen LogP contribution in [-0.4, -0.2) is 28.7 Å². The lowest BCUT2D eigenvalue weighted by Gasteiger charge is -2.23. The molecule has 2 rings (SSSR count). The molecule has 2 aromatic rings. The summed E-state index contributed by atoms with van der Waals surface area (Å²) < 4.78 is 1.42. The van der Waals surface area contributed by atoms with Crippen molar-refractivity contribution >= 4 is 22.6 Å². The van der Waals surface area contributed by atoms with Gasteiger partial charge in [0, 0.05) is 30.2 Å². The molecule has 1 heterocycles. The number of pyridine rings is 1. The molecule has 114 valence electrons. The molecule has 22 heavy (non-hydrogen) atoms. The van der Waals surface area contributed by atoms with Crippen LogP contribution in [0.5, 0.6) is 0 Å². The summed E-state index contributed by atoms with van der Waals surface area (Å²) in [5.41, 5.74) is 1.39. The van der Waals surface area contributed by atoms with Crippen LogP contribution in [0.4, 0.5) is 5.69 Å². The standard InChI is InChI=1S/C16H17N3O3/c1-2-18(9-7-16(21)22)13-4-5-14-12(11-13)3-6-15(20)19(14)10-8-17/h3-6,11H,2,7,9-10H2,1H3,(H,21,22). The lowest BCUT2D eigenvalue weighted by atomic mass is 10.1. The second kappa shape index (κ2) is 6.76. The normalized spacial score (nSPS) is 10.4. The summed E-state index contributed by atoms with van der Waals surface area (Å²) >= 11 is 0. The second-order valence-corrected chi connectivity index (χ2v) is 4.88. The van der Waals surface area contributed by atoms with Crippen LogP contribution in [-0.2, 0) is 11.3 Å². The van der Waals surface area contributed by atoms with Crippen molar-refractivity contribution in [3.05, 3.63) is 40.7 Å². The molecule has 0 amide bonds. The zero-order valence-corrected chi connectivity index (χ0v) is 12.3. The van der Waals surface area contributed by atoms with Crippen LogP contribution in [0.3, 0.4) is 0 Å². The van der Waals surface area contributed by atoms with Crippen LogP contribution >= 0.6 is 0 Å². The number of nitrogens with zero attached hydrogens (tertiary/aromatic N) is 3. The SMILES string of the molecule is CCN(CCC(=O)O)c1ccc2c(ccc(=O)n2CC#N)c1. The maximum absolute atomic E-state index is 11.8. The first-order chi connectivity index (χ1) is 10.6. The first-order valence-corrected chi connectivity index (χ1v) is 7.04. The second-order valence-electron chi connectivity index (χ2n) is 4.88. The van der Waals surface area contributed by atoms with Crippen LogP contribution in [0.1, 0.15) is 13.3 Å². The van der Waals surface area contributed by atoms with E-state index < -0.39 is 5.97 Å². The summed E-state index contributed by atoms with van der Waals surface area (Å²) in [6.07, 6.45) is 0.0693. The third kappa shape index (κ3) is 3.26. The van der Waals surface area contributed by atoms with E-state index in [0.717, 1.165) is 11.1 Å². The van der Waals surface area contributed by atoms with Gasteiger partial charge in [-0.3, -0.25) is 14.2 Å². The van der Waals surface area contributed by atoms with E-state index >= 15 is 0 Å². The molecule has 6 heteroatoms. The number of carboxylic acids is 1. The van der Waals surface area contributed by atoms with Crippen LogP contribution < -0.4 is 10.5 Å². The van der Waals surface area contributed by atoms with Crippen LogP contribution in [0.25, 0.3) is 10.9 Å². The third-order valence-electron chi connectivity index (χ3n) is 3.54. The Balaban J connectivity index is 2.42. The van der Waals surface area contributed by atoms with E-state index in [-0.39, 0.29) is 18.5 Å². The fourth-order valence-electron chi connectivity index (χ4n) is 2.42. The Bertz CT molecular complexity index is 789. The van der Waals surface area contributed by atoms with Gasteiger partial charge in [0.25, 0.3) is 5.56 Å². The highest BCUT2D eigenvalue weighted by Crippen LogP contribution is 2.21. The molecule has 0 spiro atoms. The molecule has 1 aromatic heterocycles. The number of fused-ring (bicyclic) bond motifs is 1. The predicted octanol–water partition coefficient (Wildman–Crippen LogP) is 1.83. The number of carbonyl (C=O) groups is 1. The van der Waals surface area contributed by atoms with Gasteiger partial charge in [-0.2, -0.15) is 5.26 Å². The number of nitriles is 1. The highest BCUT2D eigenvalue weighted by atomic mass is 16.4. The van der Waals surface area contributed by atoms with Gasteiger partial charge in [0.05, 0.1) is 18.0 Å². The number of hydrogen-bond acceptors (Lipinski definition) is 4. The van der Waals surface area contributed by atoms with Crippen LogP contribution in [0.15, 0.2) is 35.1 Å². The molecular formula is C16H17N3O3. The van der Waals surface area contributed by atoms with Gasteiger partial charge in [-0.15, -0.1) is 0 Å². The lowest BCUT2D eigenvalue weighted by Crippen LogP contribution is -2.26. The Labute approximate surface area is 127 Å². The third-order valence-corrected chi connectivity index (χ3v) is 3.54. The first kappa shape index (κ1) is 15.6. The van der Waals surface area contributed by atoms with Crippen molar-refractivity contribution < 1.29 is 9.90 Å². The van der Waals surface area contributed by atoms with Crippen molar-refractivity contribution in [2.75, 3.05) is 18.0 Å². The van der Waals surface area contributed by atoms with Gasteiger partial charge < -0.3 is 10.0 Å². The number of rotatable bonds is 6. The highest BCUT2D eigenvalue weighted by molar-refractivity contribution is 5.83. The largest absolute Gasteiger partial charge is 0.481 e. The summed E-state index contributed by atoms with van der Waals surface area (Å²) in [5.74, 6) is -0.831. The average molecular weight is 299 g/mol. The molecule has 6 nitrogen and oxygen atoms in total. The van der Waals surface area contributed by atoms with Gasteiger partial charge in [-0.25, -0.2) is 0 Å². The van der Waals surface area contributed by atoms with Crippen molar-refractivity contribution in [3.8, 4) is 6.07 Å². The van der Waals surface area contributed by atoms with E-state index in [1.165, 1.54) is 10.6 Å². The summed E-state index contributed by atoms with van der Waals surface area (Å²) in [6, 6.07) is 10.7. The van der Waals surface area contributed by atoms with Gasteiger partial charge in [0.15, 0.2) is 0 Å². The van der Waals surface area contributed by atoms with E-state index in [9.17, 15) is 9.59 Å². The number of aliphatic carboxylic acids is 1. The Morgan fingerprint density at radius 1 is 1.36 bits per heavy atom. The fourth-order valence-corrected chi connectivity index (χ4v) is 2.42. The Kier molecular flexibility index (Phi) is 4.79. The topological polar surface area (TPSA) is 86.3 Å². The molecule has 0 unspecified atom stereocenters. The van der Waals surface area contributed by atoms with Crippen molar-refractivity contribution in [2.45, 2.75) is 19.9 Å². The van der Waals surface area contributed by atoms with E-state index in [1.807, 2.05) is 30.0 Å². The molecule has 0 atom stereocenters. The number of carboxylic acid groups (broad SMARTS) is 1. The molecule has 0 aliphatic rings. The number of anilines is 1. The molecule has 0 fully saturated rings. The van der Waals surface area contributed by atoms with E-state index in [0.29, 0.717) is 18.6 Å². The fraction of sp³-hybridized carbons (Fsp3) is 0.312. The number of benzene rings is 1. The maximum Gasteiger partial charge on any atom is 0.305 e. The van der Waals surface area contributed by atoms with Crippen LogP contribution in [0.2, 0.25) is 0 Å². The van der Waals surface area contributed by atoms with Crippen LogP contribution in [0, 0.1) is 11.3 Å². The lowest BCUT2D eigenvalue weighted by molar-refractivity contribution is -0.136. The van der Waals surface area contributed by atoms with Crippen molar-refractivity contribution in [2.24, 2.45) is 0 Å². The summed E-state index contributed by atoms with van der Waals surface area (Å²) in [6.45, 7) is 3.08. The Morgan fingerprint density at radius 2 is 2.14 bits per heavy atom. The van der Waals surface area contributed by atoms with Crippen molar-refractivity contribution in [3.63, 3.8) is 0 Å². The Hall–Kier alpha value is -2.81. The van der Waals surface area contributed by atoms with Gasteiger partial charge >= 0.3 is 5.97 Å². The summed E-state index contributed by atoms with van der Waals surface area (Å²) in [7, 11) is 0. The molecule has 0 radical (unpaired) electrons. The van der Waals surface area contributed by atoms with Gasteiger partial charge in [0.2, 0.25) is 0 Å². The van der Waals surface area contributed by atoms with Gasteiger partial charge in [-0.1, -0.05) is 0 Å². The van der Waals surface area contributed by atoms with Crippen molar-refractivity contribution in [1.29, 1.82) is 5.26 Å². The van der Waals surface area contributed by atoms with E-state index in [4.69, 9.17) is 10.4 Å². The zero-order chi connectivity index (χ0) is 16.1. The molecule has 0 saturated carbocycles. The van der Waals surface area contributed by atoms with Crippen molar-refractivity contribution in [1.82, 2.24) is 4.57 Å². The molecule has 0 aliphatic heterocycles. The zero-order valence-electron chi connectivity index (χ0n) is 12.3. The first-order valence-electron chi connectivity index (χ1n) is 7.04. The molecule has 1 N–H and O–H groups in total. The maximum atomic E-state index is 11.8. The van der Waals surface area contributed by atoms with E-state index in [1.54, 1.807) is 12.1 Å². The summed E-state index contributed by atoms with van der Waals surface area (Å²) in [5, 5.41) is 18.5. The monoisotopic (exact) mass is 299 g/mol. The predicted molar refractivity (Wildman–Crippen MR) is 84.0 cm³/mol. The smallest absolute Gasteiger partial charge is 0.305 e. The highest BCUT2D eigenvalue weighted by Gasteiger charge is 2.09. The molecule has 1 aromatic carbocycles. The average Bonchev–Trinajstić information content (AvgIpc) is 2.50. The minimum atomic E-state index is -0.831. The molecule has 0 aliphatic carbocycles. The number of aromatic nitrogens is 1. The number of hydrogen-bond donors (Lipinski definition) is 1. The molecule has 0 saturated heterocycles. The summed E-state index contributed by atoms with van der Waals surface area (Å²) in [4.78, 5) is 24.5. The van der Waals surface area contributed by atoms with Gasteiger partial charge in [0.1, 0.15) is 6.54 Å². The quantitative estimate of drug-likeness (QED) is 0.879. The Morgan fingerprint density at radius 3 is 2.77 bits per heavy atom. The van der Waals surface area contributed by atoms with Gasteiger partial charge in [-0.05, 0) is 31.2 Å². The minimum Gasteiger partial charge on any atom is -0.481 e. The van der Waals surface area contributed by atoms with E-state index in [2.05, 4.69) is 0 Å². The molecule has 0 bridgehead atoms. The molecular weight excluding hydrogens is 282 g/mol.